The minimum Gasteiger partial charge on any atom is -0.399 e. The van der Waals surface area contributed by atoms with Crippen molar-refractivity contribution in [1.29, 1.82) is 0 Å². The van der Waals surface area contributed by atoms with Gasteiger partial charge in [0, 0.05) is 40.4 Å². The molecule has 0 saturated carbocycles. The van der Waals surface area contributed by atoms with Gasteiger partial charge >= 0.3 is 0 Å². The molecule has 20 heavy (non-hydrogen) atoms. The van der Waals surface area contributed by atoms with Gasteiger partial charge < -0.3 is 5.73 Å². The molecule has 3 N–H and O–H groups in total. The molecule has 2 aromatic rings. The second-order valence-corrected chi connectivity index (χ2v) is 7.70. The van der Waals surface area contributed by atoms with Gasteiger partial charge in [0.25, 0.3) is 0 Å². The Hall–Kier alpha value is -1.44. The number of benzene rings is 2. The van der Waals surface area contributed by atoms with Crippen LogP contribution in [0.15, 0.2) is 41.3 Å². The SMILES string of the molecule is CS(=O)CCNS(=O)(=O)c1cccc2cc(N)ccc12. The van der Waals surface area contributed by atoms with Crippen molar-refractivity contribution in [2.24, 2.45) is 0 Å². The summed E-state index contributed by atoms with van der Waals surface area (Å²) in [5.74, 6) is 0.289. The molecule has 0 aliphatic heterocycles. The smallest absolute Gasteiger partial charge is 0.241 e. The van der Waals surface area contributed by atoms with Crippen molar-refractivity contribution in [1.82, 2.24) is 4.72 Å². The predicted octanol–water partition coefficient (Wildman–Crippen LogP) is 1.08. The van der Waals surface area contributed by atoms with E-state index in [1.54, 1.807) is 30.3 Å². The number of fused-ring (bicyclic) bond motifs is 1. The molecule has 0 fully saturated rings. The molecule has 2 rings (SSSR count). The topological polar surface area (TPSA) is 89.3 Å². The highest BCUT2D eigenvalue weighted by Gasteiger charge is 2.16. The summed E-state index contributed by atoms with van der Waals surface area (Å²) in [6.07, 6.45) is 1.54. The number of sulfonamides is 1. The average Bonchev–Trinajstić information content (AvgIpc) is 2.36. The second-order valence-electron chi connectivity index (χ2n) is 4.41. The standard InChI is InChI=1S/C13H16N2O3S2/c1-19(16)8-7-15-20(17,18)13-4-2-3-10-9-11(14)5-6-12(10)13/h2-6,9,15H,7-8,14H2,1H3. The summed E-state index contributed by atoms with van der Waals surface area (Å²) >= 11 is 0. The van der Waals surface area contributed by atoms with E-state index in [-0.39, 0.29) is 17.2 Å². The van der Waals surface area contributed by atoms with Crippen LogP contribution < -0.4 is 10.5 Å². The summed E-state index contributed by atoms with van der Waals surface area (Å²) in [4.78, 5) is 0.205. The van der Waals surface area contributed by atoms with Crippen LogP contribution in [0.1, 0.15) is 0 Å². The lowest BCUT2D eigenvalue weighted by molar-refractivity contribution is 0.585. The molecule has 1 atom stereocenters. The van der Waals surface area contributed by atoms with Gasteiger partial charge in [0.2, 0.25) is 10.0 Å². The van der Waals surface area contributed by atoms with E-state index < -0.39 is 20.8 Å². The third-order valence-electron chi connectivity index (χ3n) is 2.84. The molecule has 108 valence electrons. The Balaban J connectivity index is 2.39. The Morgan fingerprint density at radius 3 is 2.70 bits per heavy atom. The van der Waals surface area contributed by atoms with E-state index in [1.165, 1.54) is 6.26 Å². The predicted molar refractivity (Wildman–Crippen MR) is 82.5 cm³/mol. The molecule has 1 unspecified atom stereocenters. The van der Waals surface area contributed by atoms with Crippen LogP contribution in [0.5, 0.6) is 0 Å². The molecule has 0 saturated heterocycles. The minimum absolute atomic E-state index is 0.150. The fraction of sp³-hybridized carbons (Fsp3) is 0.231. The molecule has 0 radical (unpaired) electrons. The number of nitrogens with two attached hydrogens (primary N) is 1. The lowest BCUT2D eigenvalue weighted by atomic mass is 10.1. The number of hydrogen-bond donors (Lipinski definition) is 2. The van der Waals surface area contributed by atoms with E-state index in [2.05, 4.69) is 4.72 Å². The molecular weight excluding hydrogens is 296 g/mol. The first-order chi connectivity index (χ1) is 9.40. The van der Waals surface area contributed by atoms with Crippen LogP contribution in [0.2, 0.25) is 0 Å². The van der Waals surface area contributed by atoms with E-state index in [0.717, 1.165) is 5.39 Å². The molecule has 0 aromatic heterocycles. The van der Waals surface area contributed by atoms with Gasteiger partial charge in [-0.15, -0.1) is 0 Å². The zero-order chi connectivity index (χ0) is 14.8. The second kappa shape index (κ2) is 5.90. The van der Waals surface area contributed by atoms with Crippen molar-refractivity contribution in [2.45, 2.75) is 4.90 Å². The van der Waals surface area contributed by atoms with Crippen molar-refractivity contribution < 1.29 is 12.6 Å². The number of anilines is 1. The average molecular weight is 312 g/mol. The summed E-state index contributed by atoms with van der Waals surface area (Å²) in [6.45, 7) is 0.150. The van der Waals surface area contributed by atoms with E-state index in [1.807, 2.05) is 6.07 Å². The third-order valence-corrected chi connectivity index (χ3v) is 5.13. The van der Waals surface area contributed by atoms with Crippen LogP contribution in [-0.4, -0.2) is 31.2 Å². The highest BCUT2D eigenvalue weighted by Crippen LogP contribution is 2.24. The molecule has 0 aliphatic carbocycles. The normalized spacial score (nSPS) is 13.4. The first-order valence-electron chi connectivity index (χ1n) is 5.98. The van der Waals surface area contributed by atoms with Crippen LogP contribution in [0.3, 0.4) is 0 Å². The monoisotopic (exact) mass is 312 g/mol. The van der Waals surface area contributed by atoms with Gasteiger partial charge in [0.05, 0.1) is 4.90 Å². The maximum Gasteiger partial charge on any atom is 0.241 e. The third kappa shape index (κ3) is 3.36. The molecule has 2 aromatic carbocycles. The van der Waals surface area contributed by atoms with Crippen molar-refractivity contribution >= 4 is 37.3 Å². The lowest BCUT2D eigenvalue weighted by Crippen LogP contribution is -2.27. The fourth-order valence-corrected chi connectivity index (χ4v) is 3.68. The number of nitrogens with one attached hydrogen (secondary N) is 1. The Morgan fingerprint density at radius 2 is 2.00 bits per heavy atom. The Kier molecular flexibility index (Phi) is 4.42. The van der Waals surface area contributed by atoms with Crippen LogP contribution in [0.25, 0.3) is 10.8 Å². The summed E-state index contributed by atoms with van der Waals surface area (Å²) in [6, 6.07) is 10.1. The molecule has 0 bridgehead atoms. The van der Waals surface area contributed by atoms with Gasteiger partial charge in [0.1, 0.15) is 0 Å². The Bertz CT molecular complexity index is 757. The molecule has 0 amide bonds. The number of hydrogen-bond acceptors (Lipinski definition) is 4. The summed E-state index contributed by atoms with van der Waals surface area (Å²) < 4.78 is 38.0. The lowest BCUT2D eigenvalue weighted by Gasteiger charge is -2.09. The summed E-state index contributed by atoms with van der Waals surface area (Å²) in [5.41, 5.74) is 6.28. The van der Waals surface area contributed by atoms with Crippen LogP contribution in [0, 0.1) is 0 Å². The van der Waals surface area contributed by atoms with E-state index >= 15 is 0 Å². The Labute approximate surface area is 120 Å². The van der Waals surface area contributed by atoms with Crippen molar-refractivity contribution in [3.05, 3.63) is 36.4 Å². The molecule has 0 spiro atoms. The van der Waals surface area contributed by atoms with Gasteiger partial charge in [-0.2, -0.15) is 0 Å². The Morgan fingerprint density at radius 1 is 1.25 bits per heavy atom. The highest BCUT2D eigenvalue weighted by molar-refractivity contribution is 7.89. The maximum absolute atomic E-state index is 12.3. The van der Waals surface area contributed by atoms with Crippen molar-refractivity contribution in [2.75, 3.05) is 24.3 Å². The van der Waals surface area contributed by atoms with Crippen LogP contribution in [-0.2, 0) is 20.8 Å². The van der Waals surface area contributed by atoms with Crippen molar-refractivity contribution in [3.63, 3.8) is 0 Å². The van der Waals surface area contributed by atoms with E-state index in [9.17, 15) is 12.6 Å². The highest BCUT2D eigenvalue weighted by atomic mass is 32.2. The van der Waals surface area contributed by atoms with Gasteiger partial charge in [0.15, 0.2) is 0 Å². The minimum atomic E-state index is -3.62. The number of rotatable bonds is 5. The van der Waals surface area contributed by atoms with Crippen LogP contribution in [0.4, 0.5) is 5.69 Å². The molecule has 0 heterocycles. The summed E-state index contributed by atoms with van der Waals surface area (Å²) in [7, 11) is -4.65. The van der Waals surface area contributed by atoms with Crippen molar-refractivity contribution in [3.8, 4) is 0 Å². The summed E-state index contributed by atoms with van der Waals surface area (Å²) in [5, 5.41) is 1.39. The first-order valence-corrected chi connectivity index (χ1v) is 9.19. The van der Waals surface area contributed by atoms with Gasteiger partial charge in [-0.05, 0) is 23.6 Å². The van der Waals surface area contributed by atoms with Gasteiger partial charge in [-0.3, -0.25) is 4.21 Å². The largest absolute Gasteiger partial charge is 0.399 e. The zero-order valence-corrected chi connectivity index (χ0v) is 12.6. The van der Waals surface area contributed by atoms with Gasteiger partial charge in [-0.25, -0.2) is 13.1 Å². The van der Waals surface area contributed by atoms with E-state index in [4.69, 9.17) is 5.73 Å². The fourth-order valence-electron chi connectivity index (χ4n) is 1.90. The van der Waals surface area contributed by atoms with E-state index in [0.29, 0.717) is 11.1 Å². The maximum atomic E-state index is 12.3. The van der Waals surface area contributed by atoms with Gasteiger partial charge in [-0.1, -0.05) is 18.2 Å². The quantitative estimate of drug-likeness (QED) is 0.809. The molecular formula is C13H16N2O3S2. The molecule has 0 aliphatic rings. The van der Waals surface area contributed by atoms with Crippen LogP contribution >= 0.6 is 0 Å². The first kappa shape index (κ1) is 15.0. The molecule has 5 nitrogen and oxygen atoms in total. The molecule has 7 heteroatoms. The number of nitrogen functional groups attached to an aromatic ring is 1. The zero-order valence-electron chi connectivity index (χ0n) is 11.0.